The molecule has 0 fully saturated rings. The lowest BCUT2D eigenvalue weighted by atomic mass is 10.3. The van der Waals surface area contributed by atoms with Crippen molar-refractivity contribution < 1.29 is 22.1 Å². The van der Waals surface area contributed by atoms with Gasteiger partial charge in [0.2, 0.25) is 0 Å². The molecular weight excluding hydrogens is 342 g/mol. The van der Waals surface area contributed by atoms with E-state index < -0.39 is 42.9 Å². The Morgan fingerprint density at radius 2 is 1.82 bits per heavy atom. The maximum absolute atomic E-state index is 13.5. The Balaban J connectivity index is 2.45. The summed E-state index contributed by atoms with van der Waals surface area (Å²) in [4.78, 5) is 9.39. The Kier molecular flexibility index (Phi) is 4.29. The Morgan fingerprint density at radius 3 is 2.45 bits per heavy atom. The summed E-state index contributed by atoms with van der Waals surface area (Å²) in [6, 6.07) is 4.97. The molecule has 22 heavy (non-hydrogen) atoms. The molecule has 6 nitrogen and oxygen atoms in total. The third-order valence-electron chi connectivity index (χ3n) is 2.60. The first-order chi connectivity index (χ1) is 10.2. The Bertz CT molecular complexity index is 858. The number of nitrogens with one attached hydrogen (secondary N) is 1. The van der Waals surface area contributed by atoms with Gasteiger partial charge in [-0.15, -0.1) is 0 Å². The quantitative estimate of drug-likeness (QED) is 0.678. The fourth-order valence-corrected chi connectivity index (χ4v) is 2.84. The molecule has 0 spiro atoms. The van der Waals surface area contributed by atoms with Crippen LogP contribution >= 0.6 is 11.6 Å². The Hall–Kier alpha value is -2.26. The molecule has 0 unspecified atom stereocenters. The molecule has 0 aromatic heterocycles. The number of anilines is 1. The predicted molar refractivity (Wildman–Crippen MR) is 75.3 cm³/mol. The van der Waals surface area contributed by atoms with Crippen LogP contribution in [0.5, 0.6) is 0 Å². The lowest BCUT2D eigenvalue weighted by molar-refractivity contribution is -0.384. The molecule has 0 saturated carbocycles. The molecule has 2 aromatic rings. The highest BCUT2D eigenvalue weighted by molar-refractivity contribution is 7.92. The van der Waals surface area contributed by atoms with Gasteiger partial charge in [-0.3, -0.25) is 14.8 Å². The van der Waals surface area contributed by atoms with Crippen molar-refractivity contribution in [2.24, 2.45) is 0 Å². The summed E-state index contributed by atoms with van der Waals surface area (Å²) in [6.45, 7) is 0. The highest BCUT2D eigenvalue weighted by Gasteiger charge is 2.22. The summed E-state index contributed by atoms with van der Waals surface area (Å²) in [5.41, 5.74) is -1.23. The van der Waals surface area contributed by atoms with Crippen molar-refractivity contribution in [1.29, 1.82) is 0 Å². The molecule has 0 aliphatic carbocycles. The molecule has 0 atom stereocenters. The molecule has 116 valence electrons. The minimum absolute atomic E-state index is 0.249. The summed E-state index contributed by atoms with van der Waals surface area (Å²) in [5, 5.41) is 10.5. The van der Waals surface area contributed by atoms with Crippen molar-refractivity contribution in [3.63, 3.8) is 0 Å². The van der Waals surface area contributed by atoms with Crippen molar-refractivity contribution in [3.8, 4) is 0 Å². The lowest BCUT2D eigenvalue weighted by Crippen LogP contribution is -2.14. The van der Waals surface area contributed by atoms with Crippen LogP contribution in [0.25, 0.3) is 0 Å². The SMILES string of the molecule is O=[N+]([O-])c1cc(S(=O)(=O)Nc2cc(F)ccc2F)ccc1Cl. The van der Waals surface area contributed by atoms with E-state index in [1.54, 1.807) is 0 Å². The predicted octanol–water partition coefficient (Wildman–Crippen LogP) is 3.33. The molecule has 0 saturated heterocycles. The number of nitrogens with zero attached hydrogens (tertiary/aromatic N) is 1. The second-order valence-electron chi connectivity index (χ2n) is 4.10. The van der Waals surface area contributed by atoms with E-state index in [1.165, 1.54) is 0 Å². The molecular formula is C12H7ClF2N2O4S. The first-order valence-corrected chi connectivity index (χ1v) is 7.48. The number of halogens is 3. The van der Waals surface area contributed by atoms with Crippen LogP contribution in [-0.4, -0.2) is 13.3 Å². The maximum atomic E-state index is 13.5. The molecule has 2 rings (SSSR count). The van der Waals surface area contributed by atoms with Crippen LogP contribution < -0.4 is 4.72 Å². The standard InChI is InChI=1S/C12H7ClF2N2O4S/c13-9-3-2-8(6-12(9)17(18)19)22(20,21)16-11-5-7(14)1-4-10(11)15/h1-6,16H. The number of hydrogen-bond acceptors (Lipinski definition) is 4. The van der Waals surface area contributed by atoms with Crippen LogP contribution in [0.15, 0.2) is 41.3 Å². The second kappa shape index (κ2) is 5.85. The van der Waals surface area contributed by atoms with E-state index >= 15 is 0 Å². The van der Waals surface area contributed by atoms with Crippen molar-refractivity contribution in [3.05, 3.63) is 63.2 Å². The number of nitro benzene ring substituents is 1. The summed E-state index contributed by atoms with van der Waals surface area (Å²) in [7, 11) is -4.35. The molecule has 2 aromatic carbocycles. The number of benzene rings is 2. The van der Waals surface area contributed by atoms with Gasteiger partial charge >= 0.3 is 0 Å². The van der Waals surface area contributed by atoms with E-state index in [4.69, 9.17) is 11.6 Å². The van der Waals surface area contributed by atoms with Crippen molar-refractivity contribution in [2.75, 3.05) is 4.72 Å². The maximum Gasteiger partial charge on any atom is 0.289 e. The van der Waals surface area contributed by atoms with E-state index in [9.17, 15) is 27.3 Å². The van der Waals surface area contributed by atoms with E-state index in [0.29, 0.717) is 6.07 Å². The van der Waals surface area contributed by atoms with Crippen molar-refractivity contribution in [1.82, 2.24) is 0 Å². The molecule has 0 aliphatic rings. The van der Waals surface area contributed by atoms with Crippen molar-refractivity contribution in [2.45, 2.75) is 4.90 Å². The largest absolute Gasteiger partial charge is 0.289 e. The van der Waals surface area contributed by atoms with E-state index in [-0.39, 0.29) is 5.02 Å². The van der Waals surface area contributed by atoms with E-state index in [2.05, 4.69) is 0 Å². The fourth-order valence-electron chi connectivity index (χ4n) is 1.58. The van der Waals surface area contributed by atoms with Gasteiger partial charge in [0.25, 0.3) is 15.7 Å². The summed E-state index contributed by atoms with van der Waals surface area (Å²) >= 11 is 5.58. The van der Waals surface area contributed by atoms with Crippen LogP contribution in [0, 0.1) is 21.7 Å². The monoisotopic (exact) mass is 348 g/mol. The van der Waals surface area contributed by atoms with Gasteiger partial charge in [-0.05, 0) is 24.3 Å². The molecule has 0 bridgehead atoms. The summed E-state index contributed by atoms with van der Waals surface area (Å²) in [6.07, 6.45) is 0. The van der Waals surface area contributed by atoms with Crippen LogP contribution in [-0.2, 0) is 10.0 Å². The smallest absolute Gasteiger partial charge is 0.277 e. The third kappa shape index (κ3) is 3.31. The van der Waals surface area contributed by atoms with E-state index in [0.717, 1.165) is 30.3 Å². The Labute approximate surface area is 128 Å². The average Bonchev–Trinajstić information content (AvgIpc) is 2.42. The third-order valence-corrected chi connectivity index (χ3v) is 4.28. The molecule has 0 aliphatic heterocycles. The van der Waals surface area contributed by atoms with E-state index in [1.807, 2.05) is 4.72 Å². The average molecular weight is 349 g/mol. The molecule has 10 heteroatoms. The summed E-state index contributed by atoms with van der Waals surface area (Å²) in [5.74, 6) is -1.84. The van der Waals surface area contributed by atoms with Crippen LogP contribution in [0.2, 0.25) is 5.02 Å². The van der Waals surface area contributed by atoms with Gasteiger partial charge in [0.15, 0.2) is 0 Å². The van der Waals surface area contributed by atoms with Crippen LogP contribution in [0.1, 0.15) is 0 Å². The topological polar surface area (TPSA) is 89.3 Å². The molecule has 0 amide bonds. The fraction of sp³-hybridized carbons (Fsp3) is 0. The molecule has 0 heterocycles. The molecule has 1 N–H and O–H groups in total. The number of sulfonamides is 1. The lowest BCUT2D eigenvalue weighted by Gasteiger charge is -2.09. The van der Waals surface area contributed by atoms with Gasteiger partial charge in [0.05, 0.1) is 15.5 Å². The second-order valence-corrected chi connectivity index (χ2v) is 6.19. The first-order valence-electron chi connectivity index (χ1n) is 5.62. The zero-order valence-electron chi connectivity index (χ0n) is 10.6. The number of nitro groups is 1. The highest BCUT2D eigenvalue weighted by Crippen LogP contribution is 2.28. The van der Waals surface area contributed by atoms with Gasteiger partial charge in [-0.25, -0.2) is 17.2 Å². The zero-order valence-corrected chi connectivity index (χ0v) is 12.2. The normalized spacial score (nSPS) is 11.2. The van der Waals surface area contributed by atoms with Crippen molar-refractivity contribution >= 4 is 33.0 Å². The van der Waals surface area contributed by atoms with Crippen LogP contribution in [0.3, 0.4) is 0 Å². The van der Waals surface area contributed by atoms with Gasteiger partial charge in [0.1, 0.15) is 16.7 Å². The zero-order chi connectivity index (χ0) is 16.5. The Morgan fingerprint density at radius 1 is 1.14 bits per heavy atom. The molecule has 0 radical (unpaired) electrons. The highest BCUT2D eigenvalue weighted by atomic mass is 35.5. The van der Waals surface area contributed by atoms with Gasteiger partial charge in [-0.1, -0.05) is 11.6 Å². The van der Waals surface area contributed by atoms with Gasteiger partial charge in [0, 0.05) is 12.1 Å². The number of hydrogen-bond donors (Lipinski definition) is 1. The van der Waals surface area contributed by atoms with Gasteiger partial charge < -0.3 is 0 Å². The summed E-state index contributed by atoms with van der Waals surface area (Å²) < 4.78 is 52.5. The minimum Gasteiger partial charge on any atom is -0.277 e. The first kappa shape index (κ1) is 16.1. The van der Waals surface area contributed by atoms with Gasteiger partial charge in [-0.2, -0.15) is 0 Å². The number of rotatable bonds is 4. The van der Waals surface area contributed by atoms with Crippen LogP contribution in [0.4, 0.5) is 20.2 Å². The minimum atomic E-state index is -4.35.